The average Bonchev–Trinajstić information content (AvgIpc) is 2.40. The van der Waals surface area contributed by atoms with E-state index in [-0.39, 0.29) is 18.4 Å². The number of hydrogen-bond acceptors (Lipinski definition) is 2. The molecule has 2 unspecified atom stereocenters. The number of carboxylic acids is 1. The van der Waals surface area contributed by atoms with Crippen LogP contribution in [0.15, 0.2) is 30.3 Å². The van der Waals surface area contributed by atoms with Crippen molar-refractivity contribution >= 4 is 11.9 Å². The minimum absolute atomic E-state index is 0.0261. The van der Waals surface area contributed by atoms with E-state index in [1.807, 2.05) is 37.3 Å². The van der Waals surface area contributed by atoms with Crippen molar-refractivity contribution in [1.82, 2.24) is 4.90 Å². The molecule has 0 spiro atoms. The van der Waals surface area contributed by atoms with E-state index in [2.05, 4.69) is 0 Å². The second kappa shape index (κ2) is 6.92. The Morgan fingerprint density at radius 1 is 1.26 bits per heavy atom. The molecule has 1 aromatic carbocycles. The molecule has 0 radical (unpaired) electrons. The van der Waals surface area contributed by atoms with Crippen molar-refractivity contribution in [1.29, 1.82) is 0 Å². The van der Waals surface area contributed by atoms with Gasteiger partial charge in [0.05, 0.1) is 11.8 Å². The average molecular weight is 263 g/mol. The van der Waals surface area contributed by atoms with Gasteiger partial charge < -0.3 is 10.0 Å². The molecule has 0 bridgehead atoms. The molecule has 4 heteroatoms. The summed E-state index contributed by atoms with van der Waals surface area (Å²) in [4.78, 5) is 24.7. The number of carbonyl (C=O) groups excluding carboxylic acids is 1. The van der Waals surface area contributed by atoms with Gasteiger partial charge in [0.1, 0.15) is 0 Å². The number of benzene rings is 1. The molecule has 0 fully saturated rings. The molecule has 19 heavy (non-hydrogen) atoms. The van der Waals surface area contributed by atoms with Crippen LogP contribution in [0.3, 0.4) is 0 Å². The van der Waals surface area contributed by atoms with Crippen molar-refractivity contribution in [2.24, 2.45) is 5.92 Å². The lowest BCUT2D eigenvalue weighted by atomic mass is 9.95. The van der Waals surface area contributed by atoms with Crippen LogP contribution in [0.25, 0.3) is 0 Å². The van der Waals surface area contributed by atoms with Gasteiger partial charge in [-0.05, 0) is 12.0 Å². The molecule has 104 valence electrons. The number of likely N-dealkylation sites (N-methyl/N-ethyl adjacent to an activating group) is 1. The van der Waals surface area contributed by atoms with Crippen molar-refractivity contribution in [3.05, 3.63) is 35.9 Å². The standard InChI is InChI=1S/C15H21NO3/c1-4-13(12-8-6-5-7-9-12)14(17)16(3)10-11(2)15(18)19/h5-9,11,13H,4,10H2,1-3H3,(H,18,19). The van der Waals surface area contributed by atoms with Gasteiger partial charge in [0, 0.05) is 13.6 Å². The van der Waals surface area contributed by atoms with Crippen LogP contribution >= 0.6 is 0 Å². The van der Waals surface area contributed by atoms with E-state index >= 15 is 0 Å². The highest BCUT2D eigenvalue weighted by Gasteiger charge is 2.24. The molecule has 0 aliphatic carbocycles. The van der Waals surface area contributed by atoms with Crippen LogP contribution in [0.4, 0.5) is 0 Å². The van der Waals surface area contributed by atoms with Crippen LogP contribution in [0, 0.1) is 5.92 Å². The van der Waals surface area contributed by atoms with Crippen LogP contribution in [-0.4, -0.2) is 35.5 Å². The Labute approximate surface area is 114 Å². The summed E-state index contributed by atoms with van der Waals surface area (Å²) in [5.74, 6) is -1.66. The van der Waals surface area contributed by atoms with Gasteiger partial charge in [-0.3, -0.25) is 9.59 Å². The van der Waals surface area contributed by atoms with Gasteiger partial charge in [0.15, 0.2) is 0 Å². The second-order valence-corrected chi connectivity index (χ2v) is 4.83. The number of hydrogen-bond donors (Lipinski definition) is 1. The fourth-order valence-electron chi connectivity index (χ4n) is 2.08. The number of rotatable bonds is 6. The first-order chi connectivity index (χ1) is 8.97. The Balaban J connectivity index is 2.77. The van der Waals surface area contributed by atoms with Crippen LogP contribution in [0.5, 0.6) is 0 Å². The molecule has 1 amide bonds. The minimum Gasteiger partial charge on any atom is -0.481 e. The smallest absolute Gasteiger partial charge is 0.308 e. The molecule has 1 rings (SSSR count). The predicted molar refractivity (Wildman–Crippen MR) is 73.9 cm³/mol. The Morgan fingerprint density at radius 2 is 1.84 bits per heavy atom. The van der Waals surface area contributed by atoms with Crippen LogP contribution in [-0.2, 0) is 9.59 Å². The first-order valence-corrected chi connectivity index (χ1v) is 6.50. The summed E-state index contributed by atoms with van der Waals surface area (Å²) in [6, 6.07) is 9.59. The molecule has 2 atom stereocenters. The molecule has 1 aromatic rings. The van der Waals surface area contributed by atoms with Crippen molar-refractivity contribution in [3.63, 3.8) is 0 Å². The highest BCUT2D eigenvalue weighted by atomic mass is 16.4. The first-order valence-electron chi connectivity index (χ1n) is 6.50. The summed E-state index contributed by atoms with van der Waals surface area (Å²) in [6.45, 7) is 3.80. The lowest BCUT2D eigenvalue weighted by molar-refractivity contribution is -0.142. The van der Waals surface area contributed by atoms with Gasteiger partial charge in [-0.1, -0.05) is 44.2 Å². The normalized spacial score (nSPS) is 13.6. The maximum absolute atomic E-state index is 12.4. The number of aliphatic carboxylic acids is 1. The summed E-state index contributed by atoms with van der Waals surface area (Å²) < 4.78 is 0. The molecule has 0 saturated carbocycles. The highest BCUT2D eigenvalue weighted by Crippen LogP contribution is 2.21. The van der Waals surface area contributed by atoms with Crippen LogP contribution < -0.4 is 0 Å². The highest BCUT2D eigenvalue weighted by molar-refractivity contribution is 5.84. The largest absolute Gasteiger partial charge is 0.481 e. The fraction of sp³-hybridized carbons (Fsp3) is 0.467. The summed E-state index contributed by atoms with van der Waals surface area (Å²) in [5.41, 5.74) is 0.977. The predicted octanol–water partition coefficient (Wildman–Crippen LogP) is 2.36. The Bertz CT molecular complexity index is 430. The minimum atomic E-state index is -0.882. The third-order valence-electron chi connectivity index (χ3n) is 3.25. The van der Waals surface area contributed by atoms with E-state index in [1.54, 1.807) is 14.0 Å². The van der Waals surface area contributed by atoms with Crippen molar-refractivity contribution < 1.29 is 14.7 Å². The van der Waals surface area contributed by atoms with Crippen LogP contribution in [0.2, 0.25) is 0 Å². The zero-order valence-corrected chi connectivity index (χ0v) is 11.7. The lowest BCUT2D eigenvalue weighted by Crippen LogP contribution is -2.36. The van der Waals surface area contributed by atoms with Gasteiger partial charge in [-0.15, -0.1) is 0 Å². The van der Waals surface area contributed by atoms with E-state index in [0.717, 1.165) is 5.56 Å². The summed E-state index contributed by atoms with van der Waals surface area (Å²) in [7, 11) is 1.66. The lowest BCUT2D eigenvalue weighted by Gasteiger charge is -2.24. The second-order valence-electron chi connectivity index (χ2n) is 4.83. The maximum atomic E-state index is 12.4. The number of amides is 1. The van der Waals surface area contributed by atoms with E-state index in [4.69, 9.17) is 5.11 Å². The molecular formula is C15H21NO3. The fourth-order valence-corrected chi connectivity index (χ4v) is 2.08. The van der Waals surface area contributed by atoms with Gasteiger partial charge >= 0.3 is 5.97 Å². The topological polar surface area (TPSA) is 57.6 Å². The molecule has 0 saturated heterocycles. The zero-order valence-electron chi connectivity index (χ0n) is 11.7. The third kappa shape index (κ3) is 4.09. The summed E-state index contributed by atoms with van der Waals surface area (Å²) >= 11 is 0. The maximum Gasteiger partial charge on any atom is 0.308 e. The SMILES string of the molecule is CCC(C(=O)N(C)CC(C)C(=O)O)c1ccccc1. The molecule has 0 aliphatic rings. The zero-order chi connectivity index (χ0) is 14.4. The molecule has 4 nitrogen and oxygen atoms in total. The Hall–Kier alpha value is -1.84. The Morgan fingerprint density at radius 3 is 2.32 bits per heavy atom. The molecule has 0 aromatic heterocycles. The van der Waals surface area contributed by atoms with Crippen LogP contribution in [0.1, 0.15) is 31.7 Å². The molecule has 0 aliphatic heterocycles. The summed E-state index contributed by atoms with van der Waals surface area (Å²) in [5, 5.41) is 8.89. The Kier molecular flexibility index (Phi) is 5.55. The molecule has 0 heterocycles. The van der Waals surface area contributed by atoms with E-state index < -0.39 is 11.9 Å². The van der Waals surface area contributed by atoms with Gasteiger partial charge in [-0.2, -0.15) is 0 Å². The number of carboxylic acid groups (broad SMARTS) is 1. The van der Waals surface area contributed by atoms with Crippen molar-refractivity contribution in [2.45, 2.75) is 26.2 Å². The third-order valence-corrected chi connectivity index (χ3v) is 3.25. The van der Waals surface area contributed by atoms with E-state index in [1.165, 1.54) is 4.90 Å². The van der Waals surface area contributed by atoms with Gasteiger partial charge in [-0.25, -0.2) is 0 Å². The van der Waals surface area contributed by atoms with Crippen molar-refractivity contribution in [2.75, 3.05) is 13.6 Å². The number of carbonyl (C=O) groups is 2. The van der Waals surface area contributed by atoms with Crippen molar-refractivity contribution in [3.8, 4) is 0 Å². The summed E-state index contributed by atoms with van der Waals surface area (Å²) in [6.07, 6.45) is 0.703. The van der Waals surface area contributed by atoms with Gasteiger partial charge in [0.2, 0.25) is 5.91 Å². The molecule has 1 N–H and O–H groups in total. The molecular weight excluding hydrogens is 242 g/mol. The number of nitrogens with zero attached hydrogens (tertiary/aromatic N) is 1. The van der Waals surface area contributed by atoms with E-state index in [0.29, 0.717) is 6.42 Å². The monoisotopic (exact) mass is 263 g/mol. The quantitative estimate of drug-likeness (QED) is 0.857. The van der Waals surface area contributed by atoms with E-state index in [9.17, 15) is 9.59 Å². The first kappa shape index (κ1) is 15.2. The van der Waals surface area contributed by atoms with Gasteiger partial charge in [0.25, 0.3) is 0 Å².